The Bertz CT molecular complexity index is 118. The highest BCUT2D eigenvalue weighted by atomic mass is 32.1. The van der Waals surface area contributed by atoms with Crippen LogP contribution >= 0.6 is 12.2 Å². The van der Waals surface area contributed by atoms with Crippen LogP contribution in [-0.2, 0) is 0 Å². The van der Waals surface area contributed by atoms with E-state index in [1.807, 2.05) is 6.92 Å². The molecule has 0 aliphatic rings. The van der Waals surface area contributed by atoms with Crippen LogP contribution in [0.3, 0.4) is 0 Å². The van der Waals surface area contributed by atoms with Crippen LogP contribution in [0.25, 0.3) is 0 Å². The van der Waals surface area contributed by atoms with Gasteiger partial charge in [0.15, 0.2) is 0 Å². The van der Waals surface area contributed by atoms with E-state index in [4.69, 9.17) is 12.2 Å². The van der Waals surface area contributed by atoms with Crippen LogP contribution in [0.5, 0.6) is 0 Å². The van der Waals surface area contributed by atoms with Gasteiger partial charge in [0.25, 0.3) is 0 Å². The fourth-order valence-corrected chi connectivity index (χ4v) is 0.374. The fraction of sp³-hybridized carbons (Fsp3) is 0.600. The second-order valence-corrected chi connectivity index (χ2v) is 1.80. The summed E-state index contributed by atoms with van der Waals surface area (Å²) in [6, 6.07) is 0. The van der Waals surface area contributed by atoms with Gasteiger partial charge in [0.2, 0.25) is 0 Å². The molecule has 2 nitrogen and oxygen atoms in total. The highest BCUT2D eigenvalue weighted by Crippen LogP contribution is 1.76. The van der Waals surface area contributed by atoms with Crippen molar-refractivity contribution in [2.75, 3.05) is 14.1 Å². The molecule has 0 bridgehead atoms. The smallest absolute Gasteiger partial charge is 0.120 e. The molecular formula is C5H10N2S. The predicted molar refractivity (Wildman–Crippen MR) is 40.7 cm³/mol. The Labute approximate surface area is 55.0 Å². The largest absolute Gasteiger partial charge is 0.378 e. The zero-order valence-corrected chi connectivity index (χ0v) is 6.17. The number of hydrogen-bond acceptors (Lipinski definition) is 2. The first-order valence-electron chi connectivity index (χ1n) is 2.37. The molecule has 0 atom stereocenters. The molecule has 0 amide bonds. The minimum Gasteiger partial charge on any atom is -0.378 e. The van der Waals surface area contributed by atoms with E-state index < -0.39 is 0 Å². The lowest BCUT2D eigenvalue weighted by molar-refractivity contribution is 1.22. The Morgan fingerprint density at radius 3 is 2.25 bits per heavy atom. The molecule has 46 valence electrons. The first-order chi connectivity index (χ1) is 3.72. The second kappa shape index (κ2) is 3.55. The van der Waals surface area contributed by atoms with Gasteiger partial charge in [0.1, 0.15) is 4.99 Å². The van der Waals surface area contributed by atoms with Crippen LogP contribution in [0.2, 0.25) is 0 Å². The molecule has 0 radical (unpaired) electrons. The van der Waals surface area contributed by atoms with Crippen LogP contribution in [0.15, 0.2) is 4.99 Å². The summed E-state index contributed by atoms with van der Waals surface area (Å²) >= 11 is 4.84. The Kier molecular flexibility index (Phi) is 3.35. The van der Waals surface area contributed by atoms with Crippen molar-refractivity contribution in [1.29, 1.82) is 0 Å². The van der Waals surface area contributed by atoms with Gasteiger partial charge in [-0.1, -0.05) is 12.2 Å². The van der Waals surface area contributed by atoms with Gasteiger partial charge in [-0.15, -0.1) is 0 Å². The van der Waals surface area contributed by atoms with Gasteiger partial charge in [0.05, 0.1) is 5.71 Å². The topological polar surface area (TPSA) is 24.4 Å². The lowest BCUT2D eigenvalue weighted by atomic mass is 10.4. The van der Waals surface area contributed by atoms with Crippen molar-refractivity contribution < 1.29 is 0 Å². The van der Waals surface area contributed by atoms with E-state index >= 15 is 0 Å². The van der Waals surface area contributed by atoms with Crippen LogP contribution < -0.4 is 5.32 Å². The quantitative estimate of drug-likeness (QED) is 0.416. The molecular weight excluding hydrogens is 120 g/mol. The SMILES string of the molecule is CN=C(C)C(=S)NC. The number of thiocarbonyl (C=S) groups is 1. The van der Waals surface area contributed by atoms with E-state index in [1.54, 1.807) is 14.1 Å². The highest BCUT2D eigenvalue weighted by molar-refractivity contribution is 7.82. The van der Waals surface area contributed by atoms with Crippen molar-refractivity contribution in [3.05, 3.63) is 0 Å². The molecule has 8 heavy (non-hydrogen) atoms. The van der Waals surface area contributed by atoms with Crippen molar-refractivity contribution in [3.63, 3.8) is 0 Å². The van der Waals surface area contributed by atoms with Crippen molar-refractivity contribution in [3.8, 4) is 0 Å². The molecule has 0 saturated carbocycles. The van der Waals surface area contributed by atoms with Gasteiger partial charge in [0, 0.05) is 14.1 Å². The molecule has 0 saturated heterocycles. The third kappa shape index (κ3) is 2.02. The molecule has 0 rings (SSSR count). The van der Waals surface area contributed by atoms with E-state index in [-0.39, 0.29) is 0 Å². The number of hydrogen-bond donors (Lipinski definition) is 1. The van der Waals surface area contributed by atoms with Crippen LogP contribution in [-0.4, -0.2) is 24.8 Å². The van der Waals surface area contributed by atoms with Gasteiger partial charge in [-0.3, -0.25) is 4.99 Å². The number of rotatable bonds is 1. The second-order valence-electron chi connectivity index (χ2n) is 1.39. The lowest BCUT2D eigenvalue weighted by Gasteiger charge is -1.97. The third-order valence-electron chi connectivity index (χ3n) is 0.891. The van der Waals surface area contributed by atoms with E-state index in [1.165, 1.54) is 0 Å². The van der Waals surface area contributed by atoms with Crippen molar-refractivity contribution in [1.82, 2.24) is 5.32 Å². The Hall–Kier alpha value is -0.440. The number of aliphatic imine (C=N–C) groups is 1. The molecule has 3 heteroatoms. The predicted octanol–water partition coefficient (Wildman–Crippen LogP) is 0.624. The summed E-state index contributed by atoms with van der Waals surface area (Å²) in [5, 5.41) is 2.82. The Morgan fingerprint density at radius 1 is 1.62 bits per heavy atom. The fourth-order valence-electron chi connectivity index (χ4n) is 0.282. The van der Waals surface area contributed by atoms with Gasteiger partial charge >= 0.3 is 0 Å². The van der Waals surface area contributed by atoms with Crippen LogP contribution in [0.4, 0.5) is 0 Å². The summed E-state index contributed by atoms with van der Waals surface area (Å²) < 4.78 is 0. The molecule has 0 aliphatic carbocycles. The molecule has 0 spiro atoms. The van der Waals surface area contributed by atoms with E-state index in [9.17, 15) is 0 Å². The summed E-state index contributed by atoms with van der Waals surface area (Å²) in [6.07, 6.45) is 0. The summed E-state index contributed by atoms with van der Waals surface area (Å²) in [5.41, 5.74) is 0.877. The maximum absolute atomic E-state index is 4.84. The molecule has 0 fully saturated rings. The maximum Gasteiger partial charge on any atom is 0.120 e. The van der Waals surface area contributed by atoms with Crippen molar-refractivity contribution in [2.45, 2.75) is 6.92 Å². The first-order valence-corrected chi connectivity index (χ1v) is 2.78. The standard InChI is InChI=1S/C5H10N2S/c1-4(6-2)5(8)7-3/h1-3H3,(H,7,8). The summed E-state index contributed by atoms with van der Waals surface area (Å²) in [4.78, 5) is 4.59. The van der Waals surface area contributed by atoms with Crippen LogP contribution in [0.1, 0.15) is 6.92 Å². The monoisotopic (exact) mass is 130 g/mol. The summed E-state index contributed by atoms with van der Waals surface area (Å²) in [7, 11) is 3.51. The van der Waals surface area contributed by atoms with E-state index in [0.717, 1.165) is 5.71 Å². The van der Waals surface area contributed by atoms with Gasteiger partial charge < -0.3 is 5.32 Å². The number of nitrogens with zero attached hydrogens (tertiary/aromatic N) is 1. The molecule has 0 aliphatic heterocycles. The normalized spacial score (nSPS) is 11.1. The average molecular weight is 130 g/mol. The van der Waals surface area contributed by atoms with Gasteiger partial charge in [-0.25, -0.2) is 0 Å². The zero-order chi connectivity index (χ0) is 6.57. The minimum absolute atomic E-state index is 0.715. The van der Waals surface area contributed by atoms with Crippen LogP contribution in [0, 0.1) is 0 Å². The number of nitrogens with one attached hydrogen (secondary N) is 1. The molecule has 0 aromatic carbocycles. The van der Waals surface area contributed by atoms with Crippen molar-refractivity contribution in [2.24, 2.45) is 4.99 Å². The molecule has 0 aromatic rings. The third-order valence-corrected chi connectivity index (χ3v) is 1.39. The van der Waals surface area contributed by atoms with Crippen molar-refractivity contribution >= 4 is 22.9 Å². The van der Waals surface area contributed by atoms with E-state index in [0.29, 0.717) is 4.99 Å². The van der Waals surface area contributed by atoms with Gasteiger partial charge in [-0.05, 0) is 6.92 Å². The van der Waals surface area contributed by atoms with Gasteiger partial charge in [-0.2, -0.15) is 0 Å². The Balaban J connectivity index is 3.83. The zero-order valence-electron chi connectivity index (χ0n) is 5.36. The summed E-state index contributed by atoms with van der Waals surface area (Å²) in [5.74, 6) is 0. The molecule has 0 unspecified atom stereocenters. The molecule has 0 heterocycles. The molecule has 1 N–H and O–H groups in total. The maximum atomic E-state index is 4.84. The average Bonchev–Trinajstić information content (AvgIpc) is 1.84. The minimum atomic E-state index is 0.715. The lowest BCUT2D eigenvalue weighted by Crippen LogP contribution is -2.22. The summed E-state index contributed by atoms with van der Waals surface area (Å²) in [6.45, 7) is 1.87. The first kappa shape index (κ1) is 7.56. The Morgan fingerprint density at radius 2 is 2.12 bits per heavy atom. The van der Waals surface area contributed by atoms with E-state index in [2.05, 4.69) is 10.3 Å². The molecule has 0 aromatic heterocycles. The highest BCUT2D eigenvalue weighted by Gasteiger charge is 1.91.